The van der Waals surface area contributed by atoms with Crippen molar-refractivity contribution in [2.75, 3.05) is 13.1 Å². The fourth-order valence-electron chi connectivity index (χ4n) is 5.64. The average Bonchev–Trinajstić information content (AvgIpc) is 3.70. The highest BCUT2D eigenvalue weighted by Gasteiger charge is 2.36. The molecule has 2 saturated heterocycles. The molecule has 0 aromatic heterocycles. The third-order valence-corrected chi connectivity index (χ3v) is 7.92. The molecular formula is C33H42N2O6. The van der Waals surface area contributed by atoms with Crippen LogP contribution in [0.1, 0.15) is 81.8 Å². The number of ether oxygens (including phenoxy) is 2. The summed E-state index contributed by atoms with van der Waals surface area (Å²) in [6.45, 7) is 1.64. The van der Waals surface area contributed by atoms with Gasteiger partial charge >= 0.3 is 11.9 Å². The number of benzene rings is 2. The van der Waals surface area contributed by atoms with Crippen LogP contribution in [0.4, 0.5) is 0 Å². The van der Waals surface area contributed by atoms with E-state index in [1.54, 1.807) is 9.80 Å². The molecule has 2 aromatic carbocycles. The smallest absolute Gasteiger partial charge is 0.329 e. The van der Waals surface area contributed by atoms with Gasteiger partial charge in [0.1, 0.15) is 25.3 Å². The van der Waals surface area contributed by atoms with Crippen LogP contribution in [0, 0.1) is 0 Å². The maximum atomic E-state index is 12.8. The van der Waals surface area contributed by atoms with E-state index in [9.17, 15) is 19.2 Å². The van der Waals surface area contributed by atoms with Crippen molar-refractivity contribution in [1.29, 1.82) is 0 Å². The molecule has 0 radical (unpaired) electrons. The molecule has 0 N–H and O–H groups in total. The molecule has 8 heteroatoms. The van der Waals surface area contributed by atoms with Gasteiger partial charge in [-0.3, -0.25) is 9.59 Å². The van der Waals surface area contributed by atoms with Crippen LogP contribution in [-0.2, 0) is 41.9 Å². The lowest BCUT2D eigenvalue weighted by atomic mass is 10.1. The van der Waals surface area contributed by atoms with Gasteiger partial charge in [-0.25, -0.2) is 9.59 Å². The molecule has 2 aromatic rings. The van der Waals surface area contributed by atoms with Crippen molar-refractivity contribution in [3.63, 3.8) is 0 Å². The minimum atomic E-state index is -0.484. The number of rotatable bonds is 14. The summed E-state index contributed by atoms with van der Waals surface area (Å²) in [6, 6.07) is 18.1. The van der Waals surface area contributed by atoms with Crippen LogP contribution < -0.4 is 0 Å². The van der Waals surface area contributed by atoms with E-state index < -0.39 is 12.1 Å². The Bertz CT molecular complexity index is 1050. The molecule has 4 rings (SSSR count). The quantitative estimate of drug-likeness (QED) is 0.233. The first kappa shape index (κ1) is 30.3. The number of nitrogens with zero attached hydrogens (tertiary/aromatic N) is 2. The van der Waals surface area contributed by atoms with E-state index in [0.29, 0.717) is 38.8 Å². The first-order chi connectivity index (χ1) is 20.0. The zero-order valence-corrected chi connectivity index (χ0v) is 23.9. The van der Waals surface area contributed by atoms with Gasteiger partial charge in [0, 0.05) is 25.9 Å². The molecule has 2 atom stereocenters. The highest BCUT2D eigenvalue weighted by atomic mass is 16.5. The molecule has 0 spiro atoms. The lowest BCUT2D eigenvalue weighted by Gasteiger charge is -2.23. The fraction of sp³-hybridized carbons (Fsp3) is 0.515. The predicted octanol–water partition coefficient (Wildman–Crippen LogP) is 5.19. The van der Waals surface area contributed by atoms with Gasteiger partial charge in [0.2, 0.25) is 11.8 Å². The number of carbonyl (C=O) groups is 4. The lowest BCUT2D eigenvalue weighted by molar-refractivity contribution is -0.154. The Morgan fingerprint density at radius 3 is 1.39 bits per heavy atom. The molecule has 2 unspecified atom stereocenters. The van der Waals surface area contributed by atoms with E-state index in [-0.39, 0.29) is 37.0 Å². The molecule has 0 saturated carbocycles. The first-order valence-corrected chi connectivity index (χ1v) is 15.0. The molecule has 0 aliphatic carbocycles. The summed E-state index contributed by atoms with van der Waals surface area (Å²) in [5.74, 6) is -0.625. The third kappa shape index (κ3) is 9.17. The second kappa shape index (κ2) is 15.9. The Labute approximate surface area is 243 Å². The van der Waals surface area contributed by atoms with Crippen molar-refractivity contribution < 1.29 is 28.7 Å². The van der Waals surface area contributed by atoms with E-state index >= 15 is 0 Å². The standard InChI is InChI=1S/C33H42N2O6/c36-30(34-22-12-18-28(34)32(38)40-24-26-14-6-4-7-15-26)20-10-2-1-3-11-21-31(37)35-23-13-19-29(35)33(39)41-25-27-16-8-5-9-17-27/h4-9,14-17,28-29H,1-3,10-13,18-25H2. The van der Waals surface area contributed by atoms with Crippen LogP contribution in [0.15, 0.2) is 60.7 Å². The van der Waals surface area contributed by atoms with Gasteiger partial charge in [-0.15, -0.1) is 0 Å². The SMILES string of the molecule is O=C(OCc1ccccc1)C1CCCN1C(=O)CCCCCCCC(=O)N1CCCC1C(=O)OCc1ccccc1. The van der Waals surface area contributed by atoms with Crippen LogP contribution in [-0.4, -0.2) is 58.7 Å². The summed E-state index contributed by atoms with van der Waals surface area (Å²) < 4.78 is 11.0. The minimum Gasteiger partial charge on any atom is -0.459 e. The number of carbonyl (C=O) groups excluding carboxylic acids is 4. The van der Waals surface area contributed by atoms with Crippen LogP contribution in [0.25, 0.3) is 0 Å². The summed E-state index contributed by atoms with van der Waals surface area (Å²) in [5.41, 5.74) is 1.86. The van der Waals surface area contributed by atoms with Gasteiger partial charge in [-0.05, 0) is 49.7 Å². The Morgan fingerprint density at radius 2 is 0.976 bits per heavy atom. The van der Waals surface area contributed by atoms with Gasteiger partial charge in [0.05, 0.1) is 0 Å². The molecular weight excluding hydrogens is 520 g/mol. The molecule has 8 nitrogen and oxygen atoms in total. The van der Waals surface area contributed by atoms with Gasteiger partial charge in [0.15, 0.2) is 0 Å². The second-order valence-electron chi connectivity index (χ2n) is 10.9. The second-order valence-corrected chi connectivity index (χ2v) is 10.9. The van der Waals surface area contributed by atoms with Crippen molar-refractivity contribution in [3.05, 3.63) is 71.8 Å². The highest BCUT2D eigenvalue weighted by molar-refractivity contribution is 5.86. The van der Waals surface area contributed by atoms with Gasteiger partial charge < -0.3 is 19.3 Å². The van der Waals surface area contributed by atoms with Crippen molar-refractivity contribution >= 4 is 23.8 Å². The fourth-order valence-corrected chi connectivity index (χ4v) is 5.64. The number of unbranched alkanes of at least 4 members (excludes halogenated alkanes) is 4. The van der Waals surface area contributed by atoms with E-state index in [1.807, 2.05) is 60.7 Å². The number of likely N-dealkylation sites (tertiary alicyclic amines) is 2. The third-order valence-electron chi connectivity index (χ3n) is 7.92. The molecule has 0 bridgehead atoms. The van der Waals surface area contributed by atoms with Crippen LogP contribution >= 0.6 is 0 Å². The van der Waals surface area contributed by atoms with Crippen LogP contribution in [0.5, 0.6) is 0 Å². The van der Waals surface area contributed by atoms with Crippen molar-refractivity contribution in [1.82, 2.24) is 9.80 Å². The van der Waals surface area contributed by atoms with E-state index in [1.165, 1.54) is 0 Å². The molecule has 2 fully saturated rings. The highest BCUT2D eigenvalue weighted by Crippen LogP contribution is 2.23. The molecule has 2 heterocycles. The number of hydrogen-bond donors (Lipinski definition) is 0. The summed E-state index contributed by atoms with van der Waals surface area (Å²) in [5, 5.41) is 0. The molecule has 2 aliphatic rings. The number of amides is 2. The van der Waals surface area contributed by atoms with Crippen LogP contribution in [0.2, 0.25) is 0 Å². The summed E-state index contributed by atoms with van der Waals surface area (Å²) in [4.78, 5) is 54.2. The van der Waals surface area contributed by atoms with E-state index in [2.05, 4.69) is 0 Å². The van der Waals surface area contributed by atoms with E-state index in [0.717, 1.165) is 56.1 Å². The Morgan fingerprint density at radius 1 is 0.585 bits per heavy atom. The maximum Gasteiger partial charge on any atom is 0.329 e. The monoisotopic (exact) mass is 562 g/mol. The molecule has 2 aliphatic heterocycles. The summed E-state index contributed by atoms with van der Waals surface area (Å²) in [6.07, 6.45) is 8.01. The summed E-state index contributed by atoms with van der Waals surface area (Å²) in [7, 11) is 0. The Hall–Kier alpha value is -3.68. The van der Waals surface area contributed by atoms with E-state index in [4.69, 9.17) is 9.47 Å². The minimum absolute atomic E-state index is 0.0126. The lowest BCUT2D eigenvalue weighted by Crippen LogP contribution is -2.41. The molecule has 220 valence electrons. The first-order valence-electron chi connectivity index (χ1n) is 15.0. The zero-order chi connectivity index (χ0) is 28.9. The normalized spacial score (nSPS) is 18.3. The largest absolute Gasteiger partial charge is 0.459 e. The topological polar surface area (TPSA) is 93.2 Å². The van der Waals surface area contributed by atoms with Gasteiger partial charge in [-0.1, -0.05) is 79.9 Å². The van der Waals surface area contributed by atoms with Gasteiger partial charge in [-0.2, -0.15) is 0 Å². The van der Waals surface area contributed by atoms with Gasteiger partial charge in [0.25, 0.3) is 0 Å². The molecule has 41 heavy (non-hydrogen) atoms. The zero-order valence-electron chi connectivity index (χ0n) is 23.9. The Kier molecular flexibility index (Phi) is 11.8. The summed E-state index contributed by atoms with van der Waals surface area (Å²) >= 11 is 0. The predicted molar refractivity (Wildman–Crippen MR) is 154 cm³/mol. The van der Waals surface area contributed by atoms with Crippen molar-refractivity contribution in [2.45, 2.75) is 95.9 Å². The number of esters is 2. The maximum absolute atomic E-state index is 12.8. The van der Waals surface area contributed by atoms with Crippen molar-refractivity contribution in [2.24, 2.45) is 0 Å². The Balaban J connectivity index is 1.07. The average molecular weight is 563 g/mol. The molecule has 2 amide bonds. The van der Waals surface area contributed by atoms with Crippen molar-refractivity contribution in [3.8, 4) is 0 Å². The van der Waals surface area contributed by atoms with Crippen LogP contribution in [0.3, 0.4) is 0 Å². The number of hydrogen-bond acceptors (Lipinski definition) is 6.